The number of carbonyl (C=O) groups excluding carboxylic acids is 2. The molecule has 0 bridgehead atoms. The monoisotopic (exact) mass is 316 g/mol. The first kappa shape index (κ1) is 16.7. The van der Waals surface area contributed by atoms with E-state index in [1.54, 1.807) is 0 Å². The summed E-state index contributed by atoms with van der Waals surface area (Å²) >= 11 is 0. The number of hydrogen-bond acceptors (Lipinski definition) is 5. The SMILES string of the molecule is COC(=O)[C@@H](NC(=O)Cc1coc(-c2ccccc2)n1)C(C)C. The van der Waals surface area contributed by atoms with E-state index >= 15 is 0 Å². The molecule has 1 N–H and O–H groups in total. The number of amides is 1. The van der Waals surface area contributed by atoms with Crippen LogP contribution in [-0.4, -0.2) is 30.0 Å². The second-order valence-electron chi connectivity index (χ2n) is 5.50. The van der Waals surface area contributed by atoms with Gasteiger partial charge in [-0.2, -0.15) is 0 Å². The number of methoxy groups -OCH3 is 1. The van der Waals surface area contributed by atoms with Crippen molar-refractivity contribution < 1.29 is 18.7 Å². The van der Waals surface area contributed by atoms with Crippen molar-refractivity contribution in [1.82, 2.24) is 10.3 Å². The Labute approximate surface area is 134 Å². The van der Waals surface area contributed by atoms with Gasteiger partial charge in [0.25, 0.3) is 0 Å². The van der Waals surface area contributed by atoms with Crippen molar-refractivity contribution in [3.05, 3.63) is 42.3 Å². The normalized spacial score (nSPS) is 12.0. The van der Waals surface area contributed by atoms with Gasteiger partial charge in [-0.15, -0.1) is 0 Å². The number of aromatic nitrogens is 1. The second kappa shape index (κ2) is 7.58. The Hall–Kier alpha value is -2.63. The van der Waals surface area contributed by atoms with E-state index in [9.17, 15) is 9.59 Å². The van der Waals surface area contributed by atoms with Crippen LogP contribution in [0.4, 0.5) is 0 Å². The fourth-order valence-electron chi connectivity index (χ4n) is 2.12. The van der Waals surface area contributed by atoms with Crippen LogP contribution in [0.5, 0.6) is 0 Å². The van der Waals surface area contributed by atoms with Crippen LogP contribution in [0.1, 0.15) is 19.5 Å². The smallest absolute Gasteiger partial charge is 0.328 e. The molecule has 1 amide bonds. The van der Waals surface area contributed by atoms with E-state index in [1.807, 2.05) is 44.2 Å². The second-order valence-corrected chi connectivity index (χ2v) is 5.50. The van der Waals surface area contributed by atoms with Crippen LogP contribution < -0.4 is 5.32 Å². The standard InChI is InChI=1S/C17H20N2O4/c1-11(2)15(17(21)22-3)19-14(20)9-13-10-23-16(18-13)12-7-5-4-6-8-12/h4-8,10-11,15H,9H2,1-3H3,(H,19,20)/t15-/m0/s1. The summed E-state index contributed by atoms with van der Waals surface area (Å²) in [6.45, 7) is 3.68. The van der Waals surface area contributed by atoms with Crippen LogP contribution in [-0.2, 0) is 20.7 Å². The lowest BCUT2D eigenvalue weighted by atomic mass is 10.0. The predicted molar refractivity (Wildman–Crippen MR) is 84.4 cm³/mol. The van der Waals surface area contributed by atoms with Crippen molar-refractivity contribution in [1.29, 1.82) is 0 Å². The summed E-state index contributed by atoms with van der Waals surface area (Å²) in [6.07, 6.45) is 1.49. The van der Waals surface area contributed by atoms with Gasteiger partial charge < -0.3 is 14.5 Å². The zero-order valence-electron chi connectivity index (χ0n) is 13.4. The van der Waals surface area contributed by atoms with E-state index < -0.39 is 12.0 Å². The fraction of sp³-hybridized carbons (Fsp3) is 0.353. The van der Waals surface area contributed by atoms with E-state index in [0.29, 0.717) is 11.6 Å². The summed E-state index contributed by atoms with van der Waals surface area (Å²) in [4.78, 5) is 28.0. The van der Waals surface area contributed by atoms with Gasteiger partial charge in [0.05, 0.1) is 19.2 Å². The number of benzene rings is 1. The molecular formula is C17H20N2O4. The number of esters is 1. The highest BCUT2D eigenvalue weighted by atomic mass is 16.5. The minimum absolute atomic E-state index is 0.0382. The molecule has 1 atom stereocenters. The lowest BCUT2D eigenvalue weighted by molar-refractivity contribution is -0.146. The van der Waals surface area contributed by atoms with E-state index in [1.165, 1.54) is 13.4 Å². The number of oxazole rings is 1. The average molecular weight is 316 g/mol. The van der Waals surface area contributed by atoms with Crippen LogP contribution in [0.25, 0.3) is 11.5 Å². The number of hydrogen-bond donors (Lipinski definition) is 1. The molecule has 0 unspecified atom stereocenters. The maximum atomic E-state index is 12.1. The fourth-order valence-corrected chi connectivity index (χ4v) is 2.12. The van der Waals surface area contributed by atoms with Gasteiger partial charge in [-0.1, -0.05) is 32.0 Å². The number of nitrogens with one attached hydrogen (secondary N) is 1. The largest absolute Gasteiger partial charge is 0.467 e. The molecule has 23 heavy (non-hydrogen) atoms. The first-order valence-electron chi connectivity index (χ1n) is 7.38. The third kappa shape index (κ3) is 4.42. The molecule has 2 aromatic rings. The summed E-state index contributed by atoms with van der Waals surface area (Å²) in [6, 6.07) is 8.75. The van der Waals surface area contributed by atoms with Crippen LogP contribution >= 0.6 is 0 Å². The molecule has 0 fully saturated rings. The summed E-state index contributed by atoms with van der Waals surface area (Å²) in [5, 5.41) is 2.67. The van der Waals surface area contributed by atoms with E-state index in [0.717, 1.165) is 5.56 Å². The minimum atomic E-state index is -0.673. The van der Waals surface area contributed by atoms with Crippen molar-refractivity contribution in [3.8, 4) is 11.5 Å². The minimum Gasteiger partial charge on any atom is -0.467 e. The molecule has 6 nitrogen and oxygen atoms in total. The number of carbonyl (C=O) groups is 2. The molecular weight excluding hydrogens is 296 g/mol. The molecule has 0 saturated heterocycles. The molecule has 0 radical (unpaired) electrons. The van der Waals surface area contributed by atoms with Gasteiger partial charge in [0.2, 0.25) is 11.8 Å². The maximum absolute atomic E-state index is 12.1. The Balaban J connectivity index is 2.01. The zero-order chi connectivity index (χ0) is 16.8. The van der Waals surface area contributed by atoms with Gasteiger partial charge in [-0.05, 0) is 18.1 Å². The zero-order valence-corrected chi connectivity index (χ0v) is 13.4. The first-order valence-corrected chi connectivity index (χ1v) is 7.38. The number of rotatable bonds is 6. The topological polar surface area (TPSA) is 81.4 Å². The number of nitrogens with zero attached hydrogens (tertiary/aromatic N) is 1. The highest BCUT2D eigenvalue weighted by Gasteiger charge is 2.25. The van der Waals surface area contributed by atoms with Gasteiger partial charge >= 0.3 is 5.97 Å². The van der Waals surface area contributed by atoms with Crippen LogP contribution in [0, 0.1) is 5.92 Å². The molecule has 0 aliphatic carbocycles. The highest BCUT2D eigenvalue weighted by molar-refractivity contribution is 5.85. The van der Waals surface area contributed by atoms with E-state index in [4.69, 9.17) is 9.15 Å². The van der Waals surface area contributed by atoms with E-state index in [-0.39, 0.29) is 18.2 Å². The summed E-state index contributed by atoms with van der Waals surface area (Å²) in [7, 11) is 1.30. The highest BCUT2D eigenvalue weighted by Crippen LogP contribution is 2.18. The lowest BCUT2D eigenvalue weighted by Crippen LogP contribution is -2.45. The van der Waals surface area contributed by atoms with Crippen LogP contribution in [0.3, 0.4) is 0 Å². The first-order chi connectivity index (χ1) is 11.0. The van der Waals surface area contributed by atoms with Gasteiger partial charge in [0, 0.05) is 5.56 Å². The summed E-state index contributed by atoms with van der Waals surface area (Å²) in [5.74, 6) is -0.370. The van der Waals surface area contributed by atoms with Gasteiger partial charge in [0.1, 0.15) is 12.3 Å². The lowest BCUT2D eigenvalue weighted by Gasteiger charge is -2.19. The van der Waals surface area contributed by atoms with Gasteiger partial charge in [0.15, 0.2) is 0 Å². The Morgan fingerprint density at radius 1 is 1.26 bits per heavy atom. The van der Waals surface area contributed by atoms with Crippen molar-refractivity contribution in [2.45, 2.75) is 26.3 Å². The molecule has 0 spiro atoms. The molecule has 0 aliphatic heterocycles. The van der Waals surface area contributed by atoms with Crippen molar-refractivity contribution in [3.63, 3.8) is 0 Å². The average Bonchev–Trinajstić information content (AvgIpc) is 3.01. The Bertz CT molecular complexity index is 664. The molecule has 6 heteroatoms. The Morgan fingerprint density at radius 2 is 1.96 bits per heavy atom. The number of ether oxygens (including phenoxy) is 1. The van der Waals surface area contributed by atoms with Gasteiger partial charge in [-0.3, -0.25) is 4.79 Å². The van der Waals surface area contributed by atoms with Crippen LogP contribution in [0.15, 0.2) is 41.0 Å². The molecule has 1 aromatic heterocycles. The van der Waals surface area contributed by atoms with Crippen molar-refractivity contribution in [2.24, 2.45) is 5.92 Å². The maximum Gasteiger partial charge on any atom is 0.328 e. The van der Waals surface area contributed by atoms with Crippen molar-refractivity contribution >= 4 is 11.9 Å². The Kier molecular flexibility index (Phi) is 5.51. The molecule has 0 aliphatic rings. The Morgan fingerprint density at radius 3 is 2.57 bits per heavy atom. The summed E-state index contributed by atoms with van der Waals surface area (Å²) < 4.78 is 10.1. The predicted octanol–water partition coefficient (Wildman–Crippen LogP) is 2.20. The summed E-state index contributed by atoms with van der Waals surface area (Å²) in [5.41, 5.74) is 1.35. The van der Waals surface area contributed by atoms with Gasteiger partial charge in [-0.25, -0.2) is 9.78 Å². The molecule has 122 valence electrons. The molecule has 0 saturated carbocycles. The van der Waals surface area contributed by atoms with Crippen molar-refractivity contribution in [2.75, 3.05) is 7.11 Å². The van der Waals surface area contributed by atoms with E-state index in [2.05, 4.69) is 10.3 Å². The molecule has 1 aromatic carbocycles. The quantitative estimate of drug-likeness (QED) is 0.826. The van der Waals surface area contributed by atoms with Crippen LogP contribution in [0.2, 0.25) is 0 Å². The third-order valence-electron chi connectivity index (χ3n) is 3.35. The molecule has 2 rings (SSSR count). The third-order valence-corrected chi connectivity index (χ3v) is 3.35. The molecule has 1 heterocycles.